The summed E-state index contributed by atoms with van der Waals surface area (Å²) < 4.78 is 4.50. The maximum absolute atomic E-state index is 5.07. The van der Waals surface area contributed by atoms with Crippen LogP contribution in [0.5, 0.6) is 0 Å². The van der Waals surface area contributed by atoms with Crippen LogP contribution >= 0.6 is 0 Å². The van der Waals surface area contributed by atoms with Gasteiger partial charge in [-0.05, 0) is 43.5 Å². The summed E-state index contributed by atoms with van der Waals surface area (Å²) in [6, 6.07) is 12.7. The van der Waals surface area contributed by atoms with E-state index in [2.05, 4.69) is 44.5 Å². The van der Waals surface area contributed by atoms with Crippen molar-refractivity contribution >= 4 is 11.0 Å². The molecular formula is C21H19N5. The fraction of sp³-hybridized carbons (Fsp3) is 0.286. The second kappa shape index (κ2) is 4.81. The van der Waals surface area contributed by atoms with Gasteiger partial charge in [0, 0.05) is 30.8 Å². The molecule has 26 heavy (non-hydrogen) atoms. The molecule has 0 spiro atoms. The average Bonchev–Trinajstić information content (AvgIpc) is 2.98. The van der Waals surface area contributed by atoms with Crippen LogP contribution in [-0.4, -0.2) is 24.1 Å². The van der Waals surface area contributed by atoms with E-state index in [9.17, 15) is 0 Å². The summed E-state index contributed by atoms with van der Waals surface area (Å²) in [7, 11) is 2.04. The van der Waals surface area contributed by atoms with Gasteiger partial charge in [0.05, 0.1) is 28.7 Å². The zero-order chi connectivity index (χ0) is 17.4. The molecule has 1 aliphatic heterocycles. The molecule has 4 heterocycles. The van der Waals surface area contributed by atoms with Gasteiger partial charge in [-0.15, -0.1) is 0 Å². The van der Waals surface area contributed by atoms with Crippen LogP contribution in [0.1, 0.15) is 23.9 Å². The molecule has 3 aromatic heterocycles. The third-order valence-corrected chi connectivity index (χ3v) is 5.80. The molecule has 0 amide bonds. The average molecular weight is 341 g/mol. The second-order valence-electron chi connectivity index (χ2n) is 7.60. The maximum atomic E-state index is 5.07. The van der Waals surface area contributed by atoms with E-state index in [1.54, 1.807) is 0 Å². The van der Waals surface area contributed by atoms with E-state index in [0.717, 1.165) is 40.6 Å². The largest absolute Gasteiger partial charge is 0.334 e. The summed E-state index contributed by atoms with van der Waals surface area (Å²) in [5, 5.41) is 0. The van der Waals surface area contributed by atoms with Crippen LogP contribution in [0, 0.1) is 12.8 Å². The summed E-state index contributed by atoms with van der Waals surface area (Å²) in [6.45, 7) is 3.11. The topological polar surface area (TPSA) is 48.5 Å². The lowest BCUT2D eigenvalue weighted by Crippen LogP contribution is -2.00. The van der Waals surface area contributed by atoms with E-state index < -0.39 is 0 Å². The van der Waals surface area contributed by atoms with Crippen molar-refractivity contribution in [2.75, 3.05) is 0 Å². The second-order valence-corrected chi connectivity index (χ2v) is 7.60. The summed E-state index contributed by atoms with van der Waals surface area (Å²) in [5.41, 5.74) is 7.56. The highest BCUT2D eigenvalue weighted by atomic mass is 15.2. The molecule has 1 fully saturated rings. The molecule has 4 aromatic rings. The number of aryl methyl sites for hydroxylation is 2. The van der Waals surface area contributed by atoms with Gasteiger partial charge in [-0.3, -0.25) is 4.98 Å². The normalized spacial score (nSPS) is 20.4. The molecule has 2 aliphatic rings. The zero-order valence-electron chi connectivity index (χ0n) is 14.8. The van der Waals surface area contributed by atoms with Crippen molar-refractivity contribution in [2.24, 2.45) is 13.0 Å². The Labute approximate surface area is 151 Å². The Morgan fingerprint density at radius 2 is 2.04 bits per heavy atom. The van der Waals surface area contributed by atoms with E-state index in [-0.39, 0.29) is 0 Å². The lowest BCUT2D eigenvalue weighted by molar-refractivity contribution is 0.674. The molecule has 1 saturated carbocycles. The van der Waals surface area contributed by atoms with Gasteiger partial charge in [0.15, 0.2) is 0 Å². The van der Waals surface area contributed by atoms with Crippen molar-refractivity contribution in [3.05, 3.63) is 54.2 Å². The molecular weight excluding hydrogens is 322 g/mol. The van der Waals surface area contributed by atoms with E-state index in [1.165, 1.54) is 23.5 Å². The number of hydrogen-bond donors (Lipinski definition) is 0. The Kier molecular flexibility index (Phi) is 2.64. The molecule has 5 nitrogen and oxygen atoms in total. The molecule has 0 N–H and O–H groups in total. The number of aromatic nitrogens is 5. The molecule has 2 atom stereocenters. The van der Waals surface area contributed by atoms with Gasteiger partial charge in [-0.1, -0.05) is 12.1 Å². The number of hydrogen-bond acceptors (Lipinski definition) is 3. The van der Waals surface area contributed by atoms with Crippen molar-refractivity contribution < 1.29 is 0 Å². The number of rotatable bonds is 2. The first kappa shape index (κ1) is 14.2. The Morgan fingerprint density at radius 3 is 2.92 bits per heavy atom. The van der Waals surface area contributed by atoms with Crippen molar-refractivity contribution in [2.45, 2.75) is 25.8 Å². The van der Waals surface area contributed by atoms with Gasteiger partial charge in [0.2, 0.25) is 0 Å². The molecule has 0 saturated heterocycles. The number of fused-ring (bicyclic) bond motifs is 4. The highest BCUT2D eigenvalue weighted by Gasteiger charge is 2.48. The highest BCUT2D eigenvalue weighted by molar-refractivity contribution is 5.86. The van der Waals surface area contributed by atoms with Gasteiger partial charge in [-0.25, -0.2) is 9.97 Å². The molecule has 0 bridgehead atoms. The zero-order valence-corrected chi connectivity index (χ0v) is 14.8. The van der Waals surface area contributed by atoms with Crippen LogP contribution in [-0.2, 0) is 13.6 Å². The standard InChI is InChI=1S/C21H19N5/c1-12-4-3-5-17(23-12)19-20(26-10-14-8-15(14)21(26)24-19)13-6-7-16-18(9-13)25(2)11-22-16/h3-7,9,11,14-15H,8,10H2,1-2H3. The smallest absolute Gasteiger partial charge is 0.115 e. The lowest BCUT2D eigenvalue weighted by atomic mass is 10.1. The fourth-order valence-electron chi connectivity index (χ4n) is 4.36. The monoisotopic (exact) mass is 341 g/mol. The number of nitrogens with zero attached hydrogens (tertiary/aromatic N) is 5. The van der Waals surface area contributed by atoms with Crippen LogP contribution in [0.4, 0.5) is 0 Å². The van der Waals surface area contributed by atoms with E-state index in [0.29, 0.717) is 5.92 Å². The quantitative estimate of drug-likeness (QED) is 0.555. The van der Waals surface area contributed by atoms with E-state index in [1.807, 2.05) is 26.4 Å². The first-order valence-corrected chi connectivity index (χ1v) is 9.15. The third-order valence-electron chi connectivity index (χ3n) is 5.80. The Morgan fingerprint density at radius 1 is 1.12 bits per heavy atom. The van der Waals surface area contributed by atoms with E-state index in [4.69, 9.17) is 9.97 Å². The predicted molar refractivity (Wildman–Crippen MR) is 101 cm³/mol. The minimum absolute atomic E-state index is 0.646. The minimum atomic E-state index is 0.646. The Hall–Kier alpha value is -2.95. The molecule has 0 radical (unpaired) electrons. The minimum Gasteiger partial charge on any atom is -0.334 e. The first-order valence-electron chi connectivity index (χ1n) is 9.15. The third kappa shape index (κ3) is 1.88. The molecule has 1 aliphatic carbocycles. The number of imidazole rings is 2. The van der Waals surface area contributed by atoms with Crippen molar-refractivity contribution in [1.82, 2.24) is 24.1 Å². The Bertz CT molecular complexity index is 1180. The van der Waals surface area contributed by atoms with Gasteiger partial charge >= 0.3 is 0 Å². The molecule has 128 valence electrons. The summed E-state index contributed by atoms with van der Waals surface area (Å²) >= 11 is 0. The molecule has 1 aromatic carbocycles. The summed E-state index contributed by atoms with van der Waals surface area (Å²) in [4.78, 5) is 14.3. The lowest BCUT2D eigenvalue weighted by Gasteiger charge is -2.10. The summed E-state index contributed by atoms with van der Waals surface area (Å²) in [5.74, 6) is 2.68. The van der Waals surface area contributed by atoms with Crippen LogP contribution in [0.2, 0.25) is 0 Å². The Balaban J connectivity index is 1.62. The van der Waals surface area contributed by atoms with Crippen LogP contribution in [0.25, 0.3) is 33.7 Å². The van der Waals surface area contributed by atoms with Gasteiger partial charge < -0.3 is 9.13 Å². The van der Waals surface area contributed by atoms with Crippen LogP contribution < -0.4 is 0 Å². The van der Waals surface area contributed by atoms with Crippen molar-refractivity contribution in [3.8, 4) is 22.6 Å². The highest BCUT2D eigenvalue weighted by Crippen LogP contribution is 2.55. The summed E-state index contributed by atoms with van der Waals surface area (Å²) in [6.07, 6.45) is 3.16. The van der Waals surface area contributed by atoms with Gasteiger partial charge in [0.1, 0.15) is 11.5 Å². The van der Waals surface area contributed by atoms with Gasteiger partial charge in [-0.2, -0.15) is 0 Å². The molecule has 5 heteroatoms. The SMILES string of the molecule is Cc1cccc(-c2nc3n(c2-c2ccc4ncn(C)c4c2)CC2CC32)n1. The molecule has 6 rings (SSSR count). The van der Waals surface area contributed by atoms with Crippen molar-refractivity contribution in [3.63, 3.8) is 0 Å². The fourth-order valence-corrected chi connectivity index (χ4v) is 4.36. The number of pyridine rings is 1. The predicted octanol–water partition coefficient (Wildman–Crippen LogP) is 3.92. The van der Waals surface area contributed by atoms with Gasteiger partial charge in [0.25, 0.3) is 0 Å². The maximum Gasteiger partial charge on any atom is 0.115 e. The first-order chi connectivity index (χ1) is 12.7. The van der Waals surface area contributed by atoms with Crippen LogP contribution in [0.15, 0.2) is 42.7 Å². The van der Waals surface area contributed by atoms with Crippen LogP contribution in [0.3, 0.4) is 0 Å². The van der Waals surface area contributed by atoms with E-state index >= 15 is 0 Å². The van der Waals surface area contributed by atoms with Crippen molar-refractivity contribution in [1.29, 1.82) is 0 Å². The number of benzene rings is 1. The molecule has 2 unspecified atom stereocenters.